The Hall–Kier alpha value is -15.0. The lowest BCUT2D eigenvalue weighted by Gasteiger charge is -2.29. The number of rotatable bonds is 13. The maximum Gasteiger partial charge on any atom is 0.0540 e. The molecule has 558 valence electrons. The first kappa shape index (κ1) is 69.3. The Morgan fingerprint density at radius 2 is 0.575 bits per heavy atom. The summed E-state index contributed by atoms with van der Waals surface area (Å²) in [7, 11) is 0. The third kappa shape index (κ3) is 11.6. The van der Waals surface area contributed by atoms with E-state index in [2.05, 4.69) is 447 Å². The molecule has 24 rings (SSSR count). The highest BCUT2D eigenvalue weighted by Crippen LogP contribution is 2.53. The average Bonchev–Trinajstić information content (AvgIpc) is 1.16. The normalized spacial score (nSPS) is 11.8. The highest BCUT2D eigenvalue weighted by atomic mass is 32.1. The number of hydrogen-bond acceptors (Lipinski definition) is 4. The zero-order chi connectivity index (χ0) is 78.9. The average molecular weight is 1560 g/mol. The first-order valence-electron chi connectivity index (χ1n) is 41.2. The molecule has 120 heavy (non-hydrogen) atoms. The van der Waals surface area contributed by atoms with Gasteiger partial charge in [-0.2, -0.15) is 0 Å². The van der Waals surface area contributed by atoms with Crippen LogP contribution in [0, 0.1) is 0 Å². The fraction of sp³-hybridized carbons (Fsp3) is 0. The molecule has 4 heteroatoms. The molecule has 0 atom stereocenters. The summed E-state index contributed by atoms with van der Waals surface area (Å²) in [6.07, 6.45) is 0. The van der Waals surface area contributed by atoms with E-state index in [1.54, 1.807) is 0 Å². The van der Waals surface area contributed by atoms with Gasteiger partial charge in [-0.1, -0.05) is 346 Å². The van der Waals surface area contributed by atoms with Crippen LogP contribution in [-0.4, -0.2) is 0 Å². The minimum absolute atomic E-state index is 1.06. The van der Waals surface area contributed by atoms with Crippen molar-refractivity contribution < 1.29 is 0 Å². The zero-order valence-corrected chi connectivity index (χ0v) is 66.9. The quantitative estimate of drug-likeness (QED) is 0.106. The van der Waals surface area contributed by atoms with Crippen molar-refractivity contribution in [1.29, 1.82) is 0 Å². The van der Waals surface area contributed by atoms with Crippen molar-refractivity contribution in [3.8, 4) is 77.9 Å². The molecule has 0 aliphatic carbocycles. The van der Waals surface area contributed by atoms with Gasteiger partial charge in [0, 0.05) is 74.0 Å². The molecule has 0 saturated carbocycles. The maximum absolute atomic E-state index is 2.52. The standard InChI is InChI=1S/C116H72N2S2/c1-3-24-73(25-4-1)83-64-84(66-88(65-83)118(86-55-63-113-110(71-86)105-58-51-79-30-9-16-38-94(79)116(105)119-113)111-45-22-21-43-102(111)108-69-81-31-10-13-35-90(81)95-39-17-18-41-98(95)108)75-48-46-74(47-49-75)80-52-56-100-106(67-80)91-36-14-11-32-82(91)68-107(100)99-61-62-112(101-42-20-19-40-97(99)101)117(87-54-60-103-104-57-50-78-29-8-15-37-93(78)115(104)120-114(103)72-87)85-53-59-92(76-26-5-2-6-27-76)109(70-85)96-44-23-33-77-28-7-12-34-89(77)96/h1-72H. The lowest BCUT2D eigenvalue weighted by molar-refractivity contribution is 1.29. The van der Waals surface area contributed by atoms with Crippen LogP contribution in [0.25, 0.3) is 204 Å². The fourth-order valence-electron chi connectivity index (χ4n) is 19.3. The Labute approximate surface area is 702 Å². The van der Waals surface area contributed by atoms with E-state index < -0.39 is 0 Å². The van der Waals surface area contributed by atoms with Gasteiger partial charge >= 0.3 is 0 Å². The molecule has 24 aromatic rings. The molecule has 0 saturated heterocycles. The SMILES string of the molecule is c1ccc(-c2cc(-c3ccc(-c4ccc5c(-c6ccc(N(c7ccc(-c8ccccc8)c(-c8cccc9ccccc89)c7)c7ccc8c(c7)sc7c9ccccc9ccc87)c7ccccc67)cc6ccccc6c5c4)cc3)cc(N(c3ccc4sc5c6ccccc6ccc5c4c3)c3ccccc3-c3cc4ccccc4c4ccccc34)c2)cc1. The number of nitrogens with zero attached hydrogens (tertiary/aromatic N) is 2. The van der Waals surface area contributed by atoms with Crippen LogP contribution in [0.15, 0.2) is 437 Å². The van der Waals surface area contributed by atoms with Gasteiger partial charge in [-0.05, 0) is 244 Å². The molecule has 0 aliphatic rings. The van der Waals surface area contributed by atoms with E-state index in [0.29, 0.717) is 0 Å². The van der Waals surface area contributed by atoms with Crippen LogP contribution in [0.4, 0.5) is 34.1 Å². The van der Waals surface area contributed by atoms with Crippen LogP contribution in [0.2, 0.25) is 0 Å². The maximum atomic E-state index is 2.52. The van der Waals surface area contributed by atoms with E-state index >= 15 is 0 Å². The molecule has 0 amide bonds. The second kappa shape index (κ2) is 28.4. The number of hydrogen-bond donors (Lipinski definition) is 0. The van der Waals surface area contributed by atoms with E-state index in [9.17, 15) is 0 Å². The van der Waals surface area contributed by atoms with Gasteiger partial charge in [0.1, 0.15) is 0 Å². The molecule has 22 aromatic carbocycles. The zero-order valence-electron chi connectivity index (χ0n) is 65.3. The molecule has 0 aliphatic heterocycles. The van der Waals surface area contributed by atoms with Gasteiger partial charge < -0.3 is 9.80 Å². The Morgan fingerprint density at radius 1 is 0.142 bits per heavy atom. The predicted octanol–water partition coefficient (Wildman–Crippen LogP) is 34.3. The van der Waals surface area contributed by atoms with Crippen LogP contribution in [0.3, 0.4) is 0 Å². The van der Waals surface area contributed by atoms with E-state index in [-0.39, 0.29) is 0 Å². The molecule has 0 N–H and O–H groups in total. The number of thiophene rings is 2. The van der Waals surface area contributed by atoms with Gasteiger partial charge in [-0.25, -0.2) is 0 Å². The summed E-state index contributed by atoms with van der Waals surface area (Å²) in [5, 5.41) is 24.7. The van der Waals surface area contributed by atoms with E-state index in [1.165, 1.54) is 160 Å². The van der Waals surface area contributed by atoms with Crippen molar-refractivity contribution in [3.63, 3.8) is 0 Å². The fourth-order valence-corrected chi connectivity index (χ4v) is 21.8. The second-order valence-corrected chi connectivity index (χ2v) is 33.8. The summed E-state index contributed by atoms with van der Waals surface area (Å²) >= 11 is 3.78. The molecule has 0 unspecified atom stereocenters. The van der Waals surface area contributed by atoms with Crippen molar-refractivity contribution in [2.45, 2.75) is 0 Å². The summed E-state index contributed by atoms with van der Waals surface area (Å²) in [5.74, 6) is 0. The molecule has 0 spiro atoms. The largest absolute Gasteiger partial charge is 0.310 e. The Morgan fingerprint density at radius 3 is 1.27 bits per heavy atom. The van der Waals surface area contributed by atoms with Crippen LogP contribution in [0.5, 0.6) is 0 Å². The molecule has 2 nitrogen and oxygen atoms in total. The van der Waals surface area contributed by atoms with E-state index in [1.807, 2.05) is 22.7 Å². The summed E-state index contributed by atoms with van der Waals surface area (Å²) in [4.78, 5) is 5.04. The lowest BCUT2D eigenvalue weighted by Crippen LogP contribution is -2.11. The molecule has 2 aromatic heterocycles. The van der Waals surface area contributed by atoms with Crippen molar-refractivity contribution in [1.82, 2.24) is 0 Å². The number of benzene rings is 22. The monoisotopic (exact) mass is 1560 g/mol. The Balaban J connectivity index is 0.644. The summed E-state index contributed by atoms with van der Waals surface area (Å²) < 4.78 is 5.14. The highest BCUT2D eigenvalue weighted by Gasteiger charge is 2.26. The molecular weight excluding hydrogens is 1490 g/mol. The molecule has 0 bridgehead atoms. The van der Waals surface area contributed by atoms with E-state index in [0.717, 1.165) is 78.5 Å². The third-order valence-corrected chi connectivity index (χ3v) is 27.4. The van der Waals surface area contributed by atoms with Crippen LogP contribution < -0.4 is 9.80 Å². The minimum atomic E-state index is 1.06. The van der Waals surface area contributed by atoms with Gasteiger partial charge in [0.25, 0.3) is 0 Å². The molecular formula is C116H72N2S2. The smallest absolute Gasteiger partial charge is 0.0540 e. The van der Waals surface area contributed by atoms with Gasteiger partial charge in [-0.15, -0.1) is 22.7 Å². The first-order chi connectivity index (χ1) is 59.5. The van der Waals surface area contributed by atoms with Crippen LogP contribution in [0.1, 0.15) is 0 Å². The number of fused-ring (bicyclic) bond motifs is 18. The van der Waals surface area contributed by atoms with Gasteiger partial charge in [0.2, 0.25) is 0 Å². The first-order valence-corrected chi connectivity index (χ1v) is 42.9. The van der Waals surface area contributed by atoms with Gasteiger partial charge in [-0.3, -0.25) is 0 Å². The third-order valence-electron chi connectivity index (χ3n) is 25.0. The molecule has 0 radical (unpaired) electrons. The predicted molar refractivity (Wildman–Crippen MR) is 520 cm³/mol. The van der Waals surface area contributed by atoms with Gasteiger partial charge in [0.05, 0.1) is 11.4 Å². The topological polar surface area (TPSA) is 6.48 Å². The lowest BCUT2D eigenvalue weighted by atomic mass is 9.88. The molecule has 2 heterocycles. The summed E-state index contributed by atoms with van der Waals surface area (Å²) in [6, 6.07) is 164. The van der Waals surface area contributed by atoms with Crippen molar-refractivity contribution >= 4 is 183 Å². The van der Waals surface area contributed by atoms with Crippen molar-refractivity contribution in [3.05, 3.63) is 437 Å². The van der Waals surface area contributed by atoms with Gasteiger partial charge in [0.15, 0.2) is 0 Å². The van der Waals surface area contributed by atoms with Crippen molar-refractivity contribution in [2.24, 2.45) is 0 Å². The van der Waals surface area contributed by atoms with Crippen LogP contribution >= 0.6 is 22.7 Å². The summed E-state index contributed by atoms with van der Waals surface area (Å²) in [6.45, 7) is 0. The number of anilines is 6. The Bertz CT molecular complexity index is 8300. The highest BCUT2D eigenvalue weighted by molar-refractivity contribution is 7.27. The Kier molecular flexibility index (Phi) is 16.4. The number of para-hydroxylation sites is 1. The summed E-state index contributed by atoms with van der Waals surface area (Å²) in [5.41, 5.74) is 22.8. The van der Waals surface area contributed by atoms with E-state index in [4.69, 9.17) is 0 Å². The minimum Gasteiger partial charge on any atom is -0.310 e. The van der Waals surface area contributed by atoms with Crippen molar-refractivity contribution in [2.75, 3.05) is 9.80 Å². The molecule has 0 fully saturated rings. The second-order valence-electron chi connectivity index (χ2n) is 31.7. The van der Waals surface area contributed by atoms with Crippen LogP contribution in [-0.2, 0) is 0 Å².